The molecule has 0 unspecified atom stereocenters. The fourth-order valence-corrected chi connectivity index (χ4v) is 2.84. The maximum absolute atomic E-state index is 12.2. The van der Waals surface area contributed by atoms with Gasteiger partial charge < -0.3 is 14.8 Å². The second-order valence-corrected chi connectivity index (χ2v) is 5.76. The van der Waals surface area contributed by atoms with Crippen LogP contribution in [0, 0.1) is 0 Å². The zero-order valence-corrected chi connectivity index (χ0v) is 13.7. The monoisotopic (exact) mass is 391 g/mol. The van der Waals surface area contributed by atoms with Crippen LogP contribution < -0.4 is 14.8 Å². The minimum Gasteiger partial charge on any atom is -0.486 e. The molecule has 0 fully saturated rings. The van der Waals surface area contributed by atoms with Crippen LogP contribution in [-0.2, 0) is 0 Å². The molecule has 0 saturated heterocycles. The van der Waals surface area contributed by atoms with E-state index >= 15 is 0 Å². The largest absolute Gasteiger partial charge is 0.486 e. The number of halogens is 2. The molecule has 0 radical (unpaired) electrons. The molecule has 1 aliphatic heterocycles. The minimum absolute atomic E-state index is 0.127. The topological polar surface area (TPSA) is 47.6 Å². The average Bonchev–Trinajstić information content (AvgIpc) is 2.46. The zero-order valence-electron chi connectivity index (χ0n) is 10.5. The van der Waals surface area contributed by atoms with Crippen LogP contribution in [0.25, 0.3) is 0 Å². The van der Waals surface area contributed by atoms with Gasteiger partial charge in [-0.25, -0.2) is 0 Å². The molecule has 0 atom stereocenters. The van der Waals surface area contributed by atoms with Crippen LogP contribution in [0.3, 0.4) is 0 Å². The molecule has 6 heteroatoms. The lowest BCUT2D eigenvalue weighted by Crippen LogP contribution is -2.48. The molecule has 2 rings (SSSR count). The molecule has 1 aliphatic rings. The van der Waals surface area contributed by atoms with Gasteiger partial charge in [0.25, 0.3) is 5.91 Å². The molecular weight excluding hydrogens is 378 g/mol. The first-order valence-corrected chi connectivity index (χ1v) is 8.16. The maximum Gasteiger partial charge on any atom is 0.251 e. The molecule has 1 heterocycles. The van der Waals surface area contributed by atoms with Crippen LogP contribution in [-0.4, -0.2) is 35.3 Å². The number of amides is 1. The summed E-state index contributed by atoms with van der Waals surface area (Å²) >= 11 is 6.81. The standard InChI is InChI=1S/C13H15Br2NO3/c1-13(7-14,8-15)16-12(17)9-2-3-10-11(6-9)19-5-4-18-10/h2-3,6H,4-5,7-8H2,1H3,(H,16,17). The van der Waals surface area contributed by atoms with Gasteiger partial charge in [-0.1, -0.05) is 31.9 Å². The van der Waals surface area contributed by atoms with Gasteiger partial charge in [0, 0.05) is 16.2 Å². The van der Waals surface area contributed by atoms with Gasteiger partial charge >= 0.3 is 0 Å². The van der Waals surface area contributed by atoms with Crippen molar-refractivity contribution in [3.05, 3.63) is 23.8 Å². The Morgan fingerprint density at radius 3 is 2.53 bits per heavy atom. The van der Waals surface area contributed by atoms with Gasteiger partial charge in [0.15, 0.2) is 11.5 Å². The number of alkyl halides is 2. The summed E-state index contributed by atoms with van der Waals surface area (Å²) in [6, 6.07) is 5.22. The summed E-state index contributed by atoms with van der Waals surface area (Å²) < 4.78 is 10.9. The Morgan fingerprint density at radius 1 is 1.26 bits per heavy atom. The summed E-state index contributed by atoms with van der Waals surface area (Å²) in [7, 11) is 0. The van der Waals surface area contributed by atoms with E-state index in [1.807, 2.05) is 6.92 Å². The molecule has 19 heavy (non-hydrogen) atoms. The summed E-state index contributed by atoms with van der Waals surface area (Å²) in [4.78, 5) is 12.2. The lowest BCUT2D eigenvalue weighted by atomic mass is 10.1. The second-order valence-electron chi connectivity index (χ2n) is 4.64. The highest BCUT2D eigenvalue weighted by atomic mass is 79.9. The van der Waals surface area contributed by atoms with E-state index in [-0.39, 0.29) is 11.4 Å². The molecule has 104 valence electrons. The van der Waals surface area contributed by atoms with Gasteiger partial charge in [-0.2, -0.15) is 0 Å². The SMILES string of the molecule is CC(CBr)(CBr)NC(=O)c1ccc2c(c1)OCCO2. The summed E-state index contributed by atoms with van der Waals surface area (Å²) in [6.07, 6.45) is 0. The number of carbonyl (C=O) groups excluding carboxylic acids is 1. The van der Waals surface area contributed by atoms with E-state index in [4.69, 9.17) is 9.47 Å². The summed E-state index contributed by atoms with van der Waals surface area (Å²) in [5, 5.41) is 4.32. The fourth-order valence-electron chi connectivity index (χ4n) is 1.63. The van der Waals surface area contributed by atoms with Crippen molar-refractivity contribution < 1.29 is 14.3 Å². The number of benzene rings is 1. The lowest BCUT2D eigenvalue weighted by Gasteiger charge is -2.26. The van der Waals surface area contributed by atoms with Gasteiger partial charge in [-0.05, 0) is 25.1 Å². The Bertz CT molecular complexity index is 475. The first-order chi connectivity index (χ1) is 9.08. The number of rotatable bonds is 4. The van der Waals surface area contributed by atoms with Crippen molar-refractivity contribution in [2.24, 2.45) is 0 Å². The molecule has 0 bridgehead atoms. The van der Waals surface area contributed by atoms with E-state index in [0.717, 1.165) is 0 Å². The molecule has 1 aromatic carbocycles. The minimum atomic E-state index is -0.329. The van der Waals surface area contributed by atoms with Crippen molar-refractivity contribution in [1.82, 2.24) is 5.32 Å². The van der Waals surface area contributed by atoms with Crippen molar-refractivity contribution in [3.63, 3.8) is 0 Å². The van der Waals surface area contributed by atoms with E-state index in [9.17, 15) is 4.79 Å². The highest BCUT2D eigenvalue weighted by molar-refractivity contribution is 9.09. The Balaban J connectivity index is 2.15. The lowest BCUT2D eigenvalue weighted by molar-refractivity contribution is 0.0921. The van der Waals surface area contributed by atoms with E-state index < -0.39 is 0 Å². The van der Waals surface area contributed by atoms with Crippen molar-refractivity contribution in [1.29, 1.82) is 0 Å². The van der Waals surface area contributed by atoms with Crippen LogP contribution in [0.5, 0.6) is 11.5 Å². The Hall–Kier alpha value is -0.750. The molecular formula is C13H15Br2NO3. The Kier molecular flexibility index (Phi) is 4.73. The molecule has 1 N–H and O–H groups in total. The van der Waals surface area contributed by atoms with Gasteiger partial charge in [-0.15, -0.1) is 0 Å². The normalized spacial score (nSPS) is 14.1. The van der Waals surface area contributed by atoms with Crippen LogP contribution in [0.2, 0.25) is 0 Å². The van der Waals surface area contributed by atoms with Crippen molar-refractivity contribution >= 4 is 37.8 Å². The van der Waals surface area contributed by atoms with E-state index in [1.54, 1.807) is 18.2 Å². The van der Waals surface area contributed by atoms with Gasteiger partial charge in [-0.3, -0.25) is 4.79 Å². The molecule has 1 aromatic rings. The van der Waals surface area contributed by atoms with Crippen LogP contribution in [0.15, 0.2) is 18.2 Å². The van der Waals surface area contributed by atoms with E-state index in [0.29, 0.717) is 40.9 Å². The number of fused-ring (bicyclic) bond motifs is 1. The molecule has 0 aromatic heterocycles. The zero-order chi connectivity index (χ0) is 13.9. The predicted molar refractivity (Wildman–Crippen MR) is 80.9 cm³/mol. The third-order valence-electron chi connectivity index (χ3n) is 2.81. The number of hydrogen-bond donors (Lipinski definition) is 1. The van der Waals surface area contributed by atoms with Crippen LogP contribution in [0.4, 0.5) is 0 Å². The average molecular weight is 393 g/mol. The first-order valence-electron chi connectivity index (χ1n) is 5.92. The van der Waals surface area contributed by atoms with E-state index in [1.165, 1.54) is 0 Å². The molecule has 1 amide bonds. The van der Waals surface area contributed by atoms with Crippen molar-refractivity contribution in [2.45, 2.75) is 12.5 Å². The highest BCUT2D eigenvalue weighted by Gasteiger charge is 2.25. The highest BCUT2D eigenvalue weighted by Crippen LogP contribution is 2.30. The molecule has 0 saturated carbocycles. The third kappa shape index (κ3) is 3.42. The number of ether oxygens (including phenoxy) is 2. The first kappa shape index (κ1) is 14.7. The van der Waals surface area contributed by atoms with Gasteiger partial charge in [0.2, 0.25) is 0 Å². The molecule has 0 aliphatic carbocycles. The molecule has 0 spiro atoms. The number of carbonyl (C=O) groups is 1. The number of nitrogens with one attached hydrogen (secondary N) is 1. The second kappa shape index (κ2) is 6.13. The fraction of sp³-hybridized carbons (Fsp3) is 0.462. The quantitative estimate of drug-likeness (QED) is 0.801. The summed E-state index contributed by atoms with van der Waals surface area (Å²) in [6.45, 7) is 3.02. The van der Waals surface area contributed by atoms with Crippen molar-refractivity contribution in [2.75, 3.05) is 23.9 Å². The van der Waals surface area contributed by atoms with Crippen LogP contribution in [0.1, 0.15) is 17.3 Å². The predicted octanol–water partition coefficient (Wildman–Crippen LogP) is 2.74. The summed E-state index contributed by atoms with van der Waals surface area (Å²) in [5.41, 5.74) is 0.238. The van der Waals surface area contributed by atoms with Gasteiger partial charge in [0.05, 0.1) is 5.54 Å². The van der Waals surface area contributed by atoms with Crippen LogP contribution >= 0.6 is 31.9 Å². The molecule has 4 nitrogen and oxygen atoms in total. The smallest absolute Gasteiger partial charge is 0.251 e. The van der Waals surface area contributed by atoms with Crippen molar-refractivity contribution in [3.8, 4) is 11.5 Å². The Labute approximate surface area is 129 Å². The van der Waals surface area contributed by atoms with E-state index in [2.05, 4.69) is 37.2 Å². The summed E-state index contributed by atoms with van der Waals surface area (Å²) in [5.74, 6) is 1.18. The third-order valence-corrected chi connectivity index (χ3v) is 5.28. The van der Waals surface area contributed by atoms with Gasteiger partial charge in [0.1, 0.15) is 13.2 Å². The number of hydrogen-bond acceptors (Lipinski definition) is 3. The maximum atomic E-state index is 12.2. The Morgan fingerprint density at radius 2 is 1.89 bits per heavy atom.